The van der Waals surface area contributed by atoms with Crippen molar-refractivity contribution in [1.82, 2.24) is 15.1 Å². The van der Waals surface area contributed by atoms with Crippen molar-refractivity contribution < 1.29 is 19.1 Å². The Balaban J connectivity index is 1.31. The van der Waals surface area contributed by atoms with Crippen molar-refractivity contribution in [3.63, 3.8) is 0 Å². The average molecular weight is 447 g/mol. The van der Waals surface area contributed by atoms with Gasteiger partial charge in [0.1, 0.15) is 11.9 Å². The van der Waals surface area contributed by atoms with Crippen molar-refractivity contribution >= 4 is 17.5 Å². The summed E-state index contributed by atoms with van der Waals surface area (Å²) in [6.07, 6.45) is 5.29. The molecule has 0 radical (unpaired) electrons. The van der Waals surface area contributed by atoms with Gasteiger partial charge in [0.15, 0.2) is 0 Å². The van der Waals surface area contributed by atoms with E-state index in [1.807, 2.05) is 6.92 Å². The Hall–Kier alpha value is -2.19. The van der Waals surface area contributed by atoms with Crippen LogP contribution in [0.3, 0.4) is 0 Å². The van der Waals surface area contributed by atoms with Crippen LogP contribution >= 0.6 is 0 Å². The molecule has 1 aromatic carbocycles. The van der Waals surface area contributed by atoms with E-state index in [1.165, 1.54) is 6.07 Å². The van der Waals surface area contributed by atoms with Crippen molar-refractivity contribution in [2.45, 2.75) is 76.5 Å². The number of carbonyl (C=O) groups is 2. The van der Waals surface area contributed by atoms with Gasteiger partial charge in [0.05, 0.1) is 6.61 Å². The van der Waals surface area contributed by atoms with E-state index in [-0.39, 0.29) is 36.3 Å². The van der Waals surface area contributed by atoms with E-state index in [2.05, 4.69) is 15.5 Å². The lowest BCUT2D eigenvalue weighted by Crippen LogP contribution is -2.49. The number of anilines is 1. The van der Waals surface area contributed by atoms with Crippen LogP contribution in [0.2, 0.25) is 0 Å². The Labute approximate surface area is 189 Å². The fourth-order valence-electron chi connectivity index (χ4n) is 5.72. The standard InChI is InChI=1S/C24H35FN4O3/c1-15-6-7-21(25)20-13-22(27-23(15)20)24(32)26-17-4-3-5-18(12-17)28-9-8-19(14-28)29(10-11-30)16(2)31/h6-7,17-19,22,27,30H,3-5,8-14H2,1-2H3,(H,26,32)/t17-,18?,19?,22?/m1/s1. The third-order valence-electron chi connectivity index (χ3n) is 7.40. The zero-order valence-corrected chi connectivity index (χ0v) is 19.1. The van der Waals surface area contributed by atoms with E-state index < -0.39 is 6.04 Å². The van der Waals surface area contributed by atoms with E-state index in [4.69, 9.17) is 0 Å². The number of amides is 2. The molecule has 0 spiro atoms. The first kappa shape index (κ1) is 23.0. The van der Waals surface area contributed by atoms with E-state index in [0.29, 0.717) is 24.6 Å². The van der Waals surface area contributed by atoms with Crippen LogP contribution in [0.4, 0.5) is 10.1 Å². The van der Waals surface area contributed by atoms with Crippen LogP contribution in [0.25, 0.3) is 0 Å². The van der Waals surface area contributed by atoms with Crippen molar-refractivity contribution in [3.05, 3.63) is 29.1 Å². The molecule has 176 valence electrons. The minimum atomic E-state index is -0.431. The maximum atomic E-state index is 14.2. The topological polar surface area (TPSA) is 84.9 Å². The van der Waals surface area contributed by atoms with Crippen LogP contribution in [-0.2, 0) is 16.0 Å². The van der Waals surface area contributed by atoms with Crippen molar-refractivity contribution in [1.29, 1.82) is 0 Å². The maximum Gasteiger partial charge on any atom is 0.243 e. The molecule has 0 aromatic heterocycles. The second kappa shape index (κ2) is 9.75. The number of aryl methyl sites for hydroxylation is 1. The summed E-state index contributed by atoms with van der Waals surface area (Å²) in [5, 5.41) is 15.7. The highest BCUT2D eigenvalue weighted by atomic mass is 19.1. The highest BCUT2D eigenvalue weighted by molar-refractivity contribution is 5.88. The molecule has 0 bridgehead atoms. The Morgan fingerprint density at radius 1 is 1.31 bits per heavy atom. The third kappa shape index (κ3) is 4.76. The quantitative estimate of drug-likeness (QED) is 0.621. The molecular formula is C24H35FN4O3. The number of likely N-dealkylation sites (tertiary alicyclic amines) is 1. The monoisotopic (exact) mass is 446 g/mol. The highest BCUT2D eigenvalue weighted by Gasteiger charge is 2.36. The van der Waals surface area contributed by atoms with Crippen LogP contribution < -0.4 is 10.6 Å². The summed E-state index contributed by atoms with van der Waals surface area (Å²) in [6.45, 7) is 5.61. The van der Waals surface area contributed by atoms with E-state index >= 15 is 0 Å². The molecule has 3 N–H and O–H groups in total. The minimum absolute atomic E-state index is 0.0106. The first-order valence-corrected chi connectivity index (χ1v) is 11.8. The fraction of sp³-hybridized carbons (Fsp3) is 0.667. The second-order valence-electron chi connectivity index (χ2n) is 9.52. The summed E-state index contributed by atoms with van der Waals surface area (Å²) in [6, 6.07) is 3.42. The first-order valence-electron chi connectivity index (χ1n) is 11.8. The lowest BCUT2D eigenvalue weighted by Gasteiger charge is -2.36. The Bertz CT molecular complexity index is 833. The summed E-state index contributed by atoms with van der Waals surface area (Å²) in [5.74, 6) is -0.303. The van der Waals surface area contributed by atoms with Gasteiger partial charge in [-0.05, 0) is 50.7 Å². The molecule has 4 atom stereocenters. The number of fused-ring (bicyclic) bond motifs is 1. The van der Waals surface area contributed by atoms with Gasteiger partial charge in [-0.3, -0.25) is 14.5 Å². The van der Waals surface area contributed by atoms with Gasteiger partial charge in [-0.15, -0.1) is 0 Å². The van der Waals surface area contributed by atoms with Crippen LogP contribution in [0.1, 0.15) is 50.2 Å². The first-order chi connectivity index (χ1) is 15.4. The molecule has 2 fully saturated rings. The van der Waals surface area contributed by atoms with Gasteiger partial charge >= 0.3 is 0 Å². The molecule has 2 aliphatic heterocycles. The van der Waals surface area contributed by atoms with E-state index in [9.17, 15) is 19.1 Å². The molecule has 7 nitrogen and oxygen atoms in total. The number of halogens is 1. The van der Waals surface area contributed by atoms with Gasteiger partial charge in [-0.25, -0.2) is 4.39 Å². The molecule has 3 unspecified atom stereocenters. The predicted molar refractivity (Wildman–Crippen MR) is 121 cm³/mol. The number of aliphatic hydroxyl groups excluding tert-OH is 1. The minimum Gasteiger partial charge on any atom is -0.395 e. The Morgan fingerprint density at radius 2 is 2.12 bits per heavy atom. The van der Waals surface area contributed by atoms with Gasteiger partial charge in [0, 0.05) is 62.4 Å². The number of hydrogen-bond donors (Lipinski definition) is 3. The van der Waals surface area contributed by atoms with Crippen LogP contribution in [0.15, 0.2) is 12.1 Å². The summed E-state index contributed by atoms with van der Waals surface area (Å²) in [7, 11) is 0. The molecule has 1 aromatic rings. The lowest BCUT2D eigenvalue weighted by molar-refractivity contribution is -0.131. The third-order valence-corrected chi connectivity index (χ3v) is 7.40. The van der Waals surface area contributed by atoms with E-state index in [0.717, 1.165) is 56.4 Å². The molecule has 1 saturated carbocycles. The summed E-state index contributed by atoms with van der Waals surface area (Å²) < 4.78 is 14.2. The van der Waals surface area contributed by atoms with Crippen molar-refractivity contribution in [2.75, 3.05) is 31.6 Å². The maximum absolute atomic E-state index is 14.2. The summed E-state index contributed by atoms with van der Waals surface area (Å²) in [5.41, 5.74) is 2.32. The molecule has 1 aliphatic carbocycles. The smallest absolute Gasteiger partial charge is 0.243 e. The molecular weight excluding hydrogens is 411 g/mol. The fourth-order valence-corrected chi connectivity index (χ4v) is 5.72. The zero-order chi connectivity index (χ0) is 22.8. The number of nitrogens with zero attached hydrogens (tertiary/aromatic N) is 2. The number of aliphatic hydroxyl groups is 1. The predicted octanol–water partition coefficient (Wildman–Crippen LogP) is 1.81. The van der Waals surface area contributed by atoms with Crippen LogP contribution in [0.5, 0.6) is 0 Å². The van der Waals surface area contributed by atoms with Gasteiger partial charge in [0.25, 0.3) is 0 Å². The van der Waals surface area contributed by atoms with Gasteiger partial charge in [-0.1, -0.05) is 6.07 Å². The molecule has 3 aliphatic rings. The number of rotatable bonds is 6. The summed E-state index contributed by atoms with van der Waals surface area (Å²) >= 11 is 0. The Kier molecular flexibility index (Phi) is 7.00. The number of hydrogen-bond acceptors (Lipinski definition) is 5. The molecule has 2 heterocycles. The summed E-state index contributed by atoms with van der Waals surface area (Å²) in [4.78, 5) is 29.1. The molecule has 2 amide bonds. The van der Waals surface area contributed by atoms with Gasteiger partial charge < -0.3 is 20.6 Å². The molecule has 1 saturated heterocycles. The lowest BCUT2D eigenvalue weighted by atomic mass is 9.89. The van der Waals surface area contributed by atoms with Crippen LogP contribution in [0, 0.1) is 12.7 Å². The van der Waals surface area contributed by atoms with E-state index in [1.54, 1.807) is 17.9 Å². The molecule has 8 heteroatoms. The van der Waals surface area contributed by atoms with Crippen LogP contribution in [-0.4, -0.2) is 77.1 Å². The van der Waals surface area contributed by atoms with Gasteiger partial charge in [0.2, 0.25) is 11.8 Å². The SMILES string of the molecule is CC(=O)N(CCO)C1CCN(C2CCC[C@@H](NC(=O)C3Cc4c(F)ccc(C)c4N3)C2)C1. The number of carbonyl (C=O) groups excluding carboxylic acids is 2. The van der Waals surface area contributed by atoms with Crippen molar-refractivity contribution in [2.24, 2.45) is 0 Å². The van der Waals surface area contributed by atoms with Crippen molar-refractivity contribution in [3.8, 4) is 0 Å². The largest absolute Gasteiger partial charge is 0.395 e. The highest BCUT2D eigenvalue weighted by Crippen LogP contribution is 2.32. The normalized spacial score (nSPS) is 27.6. The molecule has 4 rings (SSSR count). The van der Waals surface area contributed by atoms with Gasteiger partial charge in [-0.2, -0.15) is 0 Å². The zero-order valence-electron chi connectivity index (χ0n) is 19.1. The average Bonchev–Trinajstić information content (AvgIpc) is 3.43. The number of benzene rings is 1. The molecule has 32 heavy (non-hydrogen) atoms. The number of nitrogens with one attached hydrogen (secondary N) is 2. The second-order valence-corrected chi connectivity index (χ2v) is 9.52. The Morgan fingerprint density at radius 3 is 2.84 bits per heavy atom.